The molecule has 0 bridgehead atoms. The summed E-state index contributed by atoms with van der Waals surface area (Å²) < 4.78 is 15.5. The van der Waals surface area contributed by atoms with Crippen LogP contribution >= 0.6 is 0 Å². The summed E-state index contributed by atoms with van der Waals surface area (Å²) in [6.45, 7) is 2.91. The van der Waals surface area contributed by atoms with Crippen molar-refractivity contribution < 1.29 is 19.3 Å². The second-order valence-corrected chi connectivity index (χ2v) is 4.42. The molecule has 1 saturated heterocycles. The molecular weight excluding hydrogens is 236 g/mol. The fourth-order valence-corrected chi connectivity index (χ4v) is 2.12. The predicted molar refractivity (Wildman–Crippen MR) is 63.6 cm³/mol. The van der Waals surface area contributed by atoms with Crippen molar-refractivity contribution in [2.24, 2.45) is 5.92 Å². The molecule has 0 aliphatic carbocycles. The van der Waals surface area contributed by atoms with Crippen LogP contribution in [0.15, 0.2) is 6.20 Å². The smallest absolute Gasteiger partial charge is 0.241 e. The van der Waals surface area contributed by atoms with E-state index in [0.29, 0.717) is 37.1 Å². The van der Waals surface area contributed by atoms with E-state index in [1.165, 1.54) is 20.4 Å². The van der Waals surface area contributed by atoms with E-state index in [0.717, 1.165) is 0 Å². The van der Waals surface area contributed by atoms with Gasteiger partial charge in [-0.25, -0.2) is 4.98 Å². The average Bonchev–Trinajstić information content (AvgIpc) is 2.41. The fourth-order valence-electron chi connectivity index (χ4n) is 2.12. The van der Waals surface area contributed by atoms with Gasteiger partial charge < -0.3 is 19.3 Å². The Labute approximate surface area is 106 Å². The lowest BCUT2D eigenvalue weighted by Crippen LogP contribution is -2.42. The molecule has 1 fully saturated rings. The summed E-state index contributed by atoms with van der Waals surface area (Å²) in [5.74, 6) is 0.590. The fraction of sp³-hybridized carbons (Fsp3) is 0.667. The topological polar surface area (TPSA) is 73.7 Å². The maximum atomic E-state index is 10.8. The molecule has 100 valence electrons. The number of hydrogen-bond donors (Lipinski definition) is 1. The molecule has 1 aromatic rings. The highest BCUT2D eigenvalue weighted by molar-refractivity contribution is 5.29. The standard InChI is InChI=1S/C12H18N2O4/c1-8-7-18-5-4-12(8,15)10-11(17-3)14-9(16-2)6-13-10/h6,8,15H,4-5,7H2,1-3H3. The number of hydrogen-bond acceptors (Lipinski definition) is 6. The van der Waals surface area contributed by atoms with Crippen molar-refractivity contribution in [3.8, 4) is 11.8 Å². The van der Waals surface area contributed by atoms with Crippen LogP contribution in [0.4, 0.5) is 0 Å². The Kier molecular flexibility index (Phi) is 3.68. The first-order valence-corrected chi connectivity index (χ1v) is 5.87. The van der Waals surface area contributed by atoms with Crippen LogP contribution in [-0.2, 0) is 10.3 Å². The van der Waals surface area contributed by atoms with Crippen molar-refractivity contribution in [2.45, 2.75) is 18.9 Å². The highest BCUT2D eigenvalue weighted by atomic mass is 16.5. The minimum absolute atomic E-state index is 0.0668. The van der Waals surface area contributed by atoms with E-state index in [1.807, 2.05) is 6.92 Å². The summed E-state index contributed by atoms with van der Waals surface area (Å²) >= 11 is 0. The van der Waals surface area contributed by atoms with Gasteiger partial charge in [0, 0.05) is 18.9 Å². The SMILES string of the molecule is COc1cnc(C2(O)CCOCC2C)c(OC)n1. The minimum Gasteiger partial charge on any atom is -0.480 e. The second kappa shape index (κ2) is 5.07. The van der Waals surface area contributed by atoms with Crippen LogP contribution in [0.5, 0.6) is 11.8 Å². The van der Waals surface area contributed by atoms with Crippen molar-refractivity contribution in [1.29, 1.82) is 0 Å². The molecule has 2 heterocycles. The molecule has 1 N–H and O–H groups in total. The van der Waals surface area contributed by atoms with Crippen LogP contribution in [-0.4, -0.2) is 42.5 Å². The normalized spacial score (nSPS) is 27.9. The molecule has 0 amide bonds. The zero-order valence-electron chi connectivity index (χ0n) is 10.8. The van der Waals surface area contributed by atoms with E-state index < -0.39 is 5.60 Å². The summed E-state index contributed by atoms with van der Waals surface area (Å²) in [4.78, 5) is 8.40. The molecule has 1 aromatic heterocycles. The van der Waals surface area contributed by atoms with E-state index in [-0.39, 0.29) is 5.92 Å². The van der Waals surface area contributed by atoms with Crippen LogP contribution in [0.1, 0.15) is 19.0 Å². The van der Waals surface area contributed by atoms with Gasteiger partial charge in [-0.1, -0.05) is 6.92 Å². The van der Waals surface area contributed by atoms with E-state index in [9.17, 15) is 5.11 Å². The number of rotatable bonds is 3. The molecular formula is C12H18N2O4. The average molecular weight is 254 g/mol. The van der Waals surface area contributed by atoms with Crippen LogP contribution in [0, 0.1) is 5.92 Å². The molecule has 6 nitrogen and oxygen atoms in total. The molecule has 2 atom stereocenters. The van der Waals surface area contributed by atoms with Crippen molar-refractivity contribution in [2.75, 3.05) is 27.4 Å². The Bertz CT molecular complexity index is 427. The van der Waals surface area contributed by atoms with Gasteiger partial charge in [-0.05, 0) is 0 Å². The maximum Gasteiger partial charge on any atom is 0.241 e. The number of ether oxygens (including phenoxy) is 3. The zero-order valence-corrected chi connectivity index (χ0v) is 10.8. The molecule has 0 saturated carbocycles. The molecule has 2 rings (SSSR count). The van der Waals surface area contributed by atoms with E-state index in [4.69, 9.17) is 14.2 Å². The third-order valence-electron chi connectivity index (χ3n) is 3.34. The molecule has 0 aromatic carbocycles. The van der Waals surface area contributed by atoms with Gasteiger partial charge in [0.05, 0.1) is 27.0 Å². The largest absolute Gasteiger partial charge is 0.480 e. The van der Waals surface area contributed by atoms with E-state index in [1.54, 1.807) is 0 Å². The summed E-state index contributed by atoms with van der Waals surface area (Å²) in [6, 6.07) is 0. The van der Waals surface area contributed by atoms with Crippen molar-refractivity contribution >= 4 is 0 Å². The Balaban J connectivity index is 2.42. The first-order chi connectivity index (χ1) is 8.61. The Hall–Kier alpha value is -1.40. The van der Waals surface area contributed by atoms with Crippen LogP contribution in [0.2, 0.25) is 0 Å². The van der Waals surface area contributed by atoms with Crippen molar-refractivity contribution in [1.82, 2.24) is 9.97 Å². The molecule has 6 heteroatoms. The van der Waals surface area contributed by atoms with Gasteiger partial charge in [0.25, 0.3) is 0 Å². The lowest BCUT2D eigenvalue weighted by Gasteiger charge is -2.37. The van der Waals surface area contributed by atoms with Gasteiger partial charge in [0.15, 0.2) is 0 Å². The first kappa shape index (κ1) is 13.0. The molecule has 1 aliphatic rings. The second-order valence-electron chi connectivity index (χ2n) is 4.42. The highest BCUT2D eigenvalue weighted by Crippen LogP contribution is 2.39. The maximum absolute atomic E-state index is 10.8. The van der Waals surface area contributed by atoms with Gasteiger partial charge in [-0.3, -0.25) is 0 Å². The molecule has 2 unspecified atom stereocenters. The summed E-state index contributed by atoms with van der Waals surface area (Å²) in [7, 11) is 3.01. The summed E-state index contributed by atoms with van der Waals surface area (Å²) in [5, 5.41) is 10.8. The molecule has 1 aliphatic heterocycles. The Morgan fingerprint density at radius 3 is 2.83 bits per heavy atom. The molecule has 0 spiro atoms. The molecule has 18 heavy (non-hydrogen) atoms. The van der Waals surface area contributed by atoms with Crippen LogP contribution in [0.25, 0.3) is 0 Å². The van der Waals surface area contributed by atoms with Gasteiger partial charge in [0.2, 0.25) is 11.8 Å². The van der Waals surface area contributed by atoms with Crippen LogP contribution in [0.3, 0.4) is 0 Å². The minimum atomic E-state index is -1.07. The highest BCUT2D eigenvalue weighted by Gasteiger charge is 2.42. The van der Waals surface area contributed by atoms with Gasteiger partial charge >= 0.3 is 0 Å². The predicted octanol–water partition coefficient (Wildman–Crippen LogP) is 0.738. The van der Waals surface area contributed by atoms with Crippen molar-refractivity contribution in [3.05, 3.63) is 11.9 Å². The van der Waals surface area contributed by atoms with Gasteiger partial charge in [-0.15, -0.1) is 0 Å². The quantitative estimate of drug-likeness (QED) is 0.857. The summed E-state index contributed by atoms with van der Waals surface area (Å²) in [5.41, 5.74) is -0.621. The molecule has 0 radical (unpaired) electrons. The monoisotopic (exact) mass is 254 g/mol. The number of aromatic nitrogens is 2. The van der Waals surface area contributed by atoms with Crippen molar-refractivity contribution in [3.63, 3.8) is 0 Å². The van der Waals surface area contributed by atoms with E-state index in [2.05, 4.69) is 9.97 Å². The Morgan fingerprint density at radius 1 is 1.44 bits per heavy atom. The van der Waals surface area contributed by atoms with Crippen LogP contribution < -0.4 is 9.47 Å². The van der Waals surface area contributed by atoms with Gasteiger partial charge in [0.1, 0.15) is 11.3 Å². The lowest BCUT2D eigenvalue weighted by molar-refractivity contribution is -0.115. The third-order valence-corrected chi connectivity index (χ3v) is 3.34. The Morgan fingerprint density at radius 2 is 2.22 bits per heavy atom. The van der Waals surface area contributed by atoms with E-state index >= 15 is 0 Å². The number of methoxy groups -OCH3 is 2. The third kappa shape index (κ3) is 2.13. The van der Waals surface area contributed by atoms with Gasteiger partial charge in [-0.2, -0.15) is 4.98 Å². The number of aliphatic hydroxyl groups is 1. The summed E-state index contributed by atoms with van der Waals surface area (Å²) in [6.07, 6.45) is 1.96. The zero-order chi connectivity index (χ0) is 13.2. The lowest BCUT2D eigenvalue weighted by atomic mass is 9.82. The number of nitrogens with zero attached hydrogens (tertiary/aromatic N) is 2. The first-order valence-electron chi connectivity index (χ1n) is 5.87.